The highest BCUT2D eigenvalue weighted by Gasteiger charge is 2.32. The minimum atomic E-state index is -0.322. The minimum absolute atomic E-state index is 0.0208. The van der Waals surface area contributed by atoms with Crippen LogP contribution in [0.2, 0.25) is 5.15 Å². The molecule has 124 valence electrons. The first-order valence-corrected chi connectivity index (χ1v) is 7.78. The number of allylic oxidation sites excluding steroid dienone is 4. The normalized spacial score (nSPS) is 17.2. The van der Waals surface area contributed by atoms with Gasteiger partial charge in [0.25, 0.3) is 5.91 Å². The lowest BCUT2D eigenvalue weighted by Crippen LogP contribution is -2.25. The maximum absolute atomic E-state index is 12.3. The quantitative estimate of drug-likeness (QED) is 0.629. The molecular formula is C18H19ClN4O. The maximum Gasteiger partial charge on any atom is 0.276 e. The van der Waals surface area contributed by atoms with Crippen molar-refractivity contribution < 1.29 is 4.79 Å². The van der Waals surface area contributed by atoms with Crippen molar-refractivity contribution in [1.82, 2.24) is 9.88 Å². The first-order chi connectivity index (χ1) is 11.4. The molecule has 0 radical (unpaired) electrons. The van der Waals surface area contributed by atoms with E-state index in [9.17, 15) is 4.79 Å². The second-order valence-corrected chi connectivity index (χ2v) is 5.73. The fourth-order valence-electron chi connectivity index (χ4n) is 2.12. The summed E-state index contributed by atoms with van der Waals surface area (Å²) in [6, 6.07) is 3.44. The zero-order valence-corrected chi connectivity index (χ0v) is 14.4. The van der Waals surface area contributed by atoms with Crippen LogP contribution >= 0.6 is 11.6 Å². The van der Waals surface area contributed by atoms with Crippen molar-refractivity contribution in [3.63, 3.8) is 0 Å². The van der Waals surface area contributed by atoms with E-state index in [4.69, 9.17) is 17.0 Å². The topological polar surface area (TPSA) is 69.1 Å². The summed E-state index contributed by atoms with van der Waals surface area (Å²) in [6.45, 7) is 7.89. The van der Waals surface area contributed by atoms with Crippen molar-refractivity contribution in [3.05, 3.63) is 71.3 Å². The number of rotatable bonds is 5. The van der Waals surface area contributed by atoms with Crippen molar-refractivity contribution in [2.75, 3.05) is 11.9 Å². The van der Waals surface area contributed by atoms with Crippen molar-refractivity contribution in [1.29, 1.82) is 5.41 Å². The zero-order valence-electron chi connectivity index (χ0n) is 13.6. The van der Waals surface area contributed by atoms with Crippen molar-refractivity contribution in [2.45, 2.75) is 13.8 Å². The molecule has 1 aliphatic heterocycles. The van der Waals surface area contributed by atoms with Gasteiger partial charge in [-0.25, -0.2) is 4.98 Å². The Bertz CT molecular complexity index is 760. The second-order valence-electron chi connectivity index (χ2n) is 5.34. The van der Waals surface area contributed by atoms with Gasteiger partial charge in [-0.15, -0.1) is 0 Å². The molecule has 2 heterocycles. The lowest BCUT2D eigenvalue weighted by atomic mass is 10.2. The molecule has 5 nitrogen and oxygen atoms in total. The molecule has 2 N–H and O–H groups in total. The van der Waals surface area contributed by atoms with Crippen LogP contribution in [0.15, 0.2) is 66.2 Å². The Hall–Kier alpha value is -2.66. The predicted octanol–water partition coefficient (Wildman–Crippen LogP) is 3.93. The molecule has 24 heavy (non-hydrogen) atoms. The Labute approximate surface area is 146 Å². The summed E-state index contributed by atoms with van der Waals surface area (Å²) in [6.07, 6.45) is 8.74. The van der Waals surface area contributed by atoms with Gasteiger partial charge < -0.3 is 10.2 Å². The average Bonchev–Trinajstić information content (AvgIpc) is 2.83. The second kappa shape index (κ2) is 7.75. The molecule has 0 bridgehead atoms. The molecule has 0 atom stereocenters. The van der Waals surface area contributed by atoms with Gasteiger partial charge >= 0.3 is 0 Å². The number of nitrogens with zero attached hydrogens (tertiary/aromatic N) is 2. The van der Waals surface area contributed by atoms with E-state index < -0.39 is 0 Å². The molecule has 1 fully saturated rings. The van der Waals surface area contributed by atoms with E-state index in [2.05, 4.69) is 16.9 Å². The summed E-state index contributed by atoms with van der Waals surface area (Å²) >= 11 is 5.74. The molecule has 1 aromatic heterocycles. The number of carbonyl (C=O) groups excluding carboxylic acids is 1. The fraction of sp³-hybridized carbons (Fsp3) is 0.167. The van der Waals surface area contributed by atoms with Gasteiger partial charge in [0.05, 0.1) is 18.4 Å². The van der Waals surface area contributed by atoms with Gasteiger partial charge in [-0.3, -0.25) is 10.2 Å². The van der Waals surface area contributed by atoms with Crippen LogP contribution in [-0.2, 0) is 4.79 Å². The van der Waals surface area contributed by atoms with E-state index in [1.165, 1.54) is 0 Å². The van der Waals surface area contributed by atoms with E-state index in [1.54, 1.807) is 29.4 Å². The third-order valence-electron chi connectivity index (χ3n) is 3.40. The Balaban J connectivity index is 2.15. The maximum atomic E-state index is 12.3. The fourth-order valence-corrected chi connectivity index (χ4v) is 2.23. The lowest BCUT2D eigenvalue weighted by molar-refractivity contribution is -0.120. The summed E-state index contributed by atoms with van der Waals surface area (Å²) in [5.41, 5.74) is 2.96. The summed E-state index contributed by atoms with van der Waals surface area (Å²) in [5, 5.41) is 11.5. The van der Waals surface area contributed by atoms with Crippen LogP contribution in [0.3, 0.4) is 0 Å². The first-order valence-electron chi connectivity index (χ1n) is 7.40. The molecule has 1 aliphatic rings. The van der Waals surface area contributed by atoms with Gasteiger partial charge in [0.15, 0.2) is 0 Å². The largest absolute Gasteiger partial charge is 0.360 e. The molecule has 1 saturated heterocycles. The van der Waals surface area contributed by atoms with Gasteiger partial charge in [-0.05, 0) is 32.1 Å². The van der Waals surface area contributed by atoms with Crippen molar-refractivity contribution in [2.24, 2.45) is 0 Å². The predicted molar refractivity (Wildman–Crippen MR) is 98.1 cm³/mol. The van der Waals surface area contributed by atoms with Crippen LogP contribution < -0.4 is 5.32 Å². The molecule has 1 aromatic rings. The SMILES string of the molecule is C=C(C)/C=C\C(=C/C)N1C/C(=C/Nc2ccc(Cl)nc2)C(=N)C1=O. The molecule has 0 spiro atoms. The van der Waals surface area contributed by atoms with E-state index in [-0.39, 0.29) is 11.6 Å². The van der Waals surface area contributed by atoms with Crippen LogP contribution in [0.25, 0.3) is 0 Å². The summed E-state index contributed by atoms with van der Waals surface area (Å²) in [4.78, 5) is 17.9. The van der Waals surface area contributed by atoms with E-state index >= 15 is 0 Å². The lowest BCUT2D eigenvalue weighted by Gasteiger charge is -2.15. The van der Waals surface area contributed by atoms with Gasteiger partial charge in [0.1, 0.15) is 10.9 Å². The molecule has 0 saturated carbocycles. The van der Waals surface area contributed by atoms with E-state index in [1.807, 2.05) is 32.1 Å². The number of aromatic nitrogens is 1. The highest BCUT2D eigenvalue weighted by atomic mass is 35.5. The minimum Gasteiger partial charge on any atom is -0.360 e. The molecule has 1 amide bonds. The number of amides is 1. The van der Waals surface area contributed by atoms with Crippen LogP contribution in [-0.4, -0.2) is 28.0 Å². The Kier molecular flexibility index (Phi) is 5.71. The average molecular weight is 343 g/mol. The zero-order chi connectivity index (χ0) is 17.7. The number of likely N-dealkylation sites (tertiary alicyclic amines) is 1. The standard InChI is InChI=1S/C18H19ClN4O/c1-4-15(7-5-12(2)3)23-11-13(17(20)18(23)24)9-21-14-6-8-16(19)22-10-14/h4-10,20-21H,2,11H2,1,3H3/b7-5-,13-9-,15-4+,20-17?. The number of nitrogens with one attached hydrogen (secondary N) is 2. The Morgan fingerprint density at radius 1 is 1.46 bits per heavy atom. The summed E-state index contributed by atoms with van der Waals surface area (Å²) in [5.74, 6) is -0.322. The van der Waals surface area contributed by atoms with E-state index in [0.717, 1.165) is 17.0 Å². The van der Waals surface area contributed by atoms with Gasteiger partial charge in [0, 0.05) is 17.5 Å². The van der Waals surface area contributed by atoms with Gasteiger partial charge in [-0.1, -0.05) is 35.9 Å². The third kappa shape index (κ3) is 4.20. The van der Waals surface area contributed by atoms with Crippen LogP contribution in [0.5, 0.6) is 0 Å². The molecule has 2 rings (SSSR count). The smallest absolute Gasteiger partial charge is 0.276 e. The summed E-state index contributed by atoms with van der Waals surface area (Å²) < 4.78 is 0. The van der Waals surface area contributed by atoms with Crippen LogP contribution in [0.1, 0.15) is 13.8 Å². The molecule has 0 unspecified atom stereocenters. The van der Waals surface area contributed by atoms with Crippen molar-refractivity contribution >= 4 is 28.9 Å². The highest BCUT2D eigenvalue weighted by molar-refractivity contribution is 6.46. The van der Waals surface area contributed by atoms with Crippen LogP contribution in [0.4, 0.5) is 5.69 Å². The third-order valence-corrected chi connectivity index (χ3v) is 3.62. The summed E-state index contributed by atoms with van der Waals surface area (Å²) in [7, 11) is 0. The highest BCUT2D eigenvalue weighted by Crippen LogP contribution is 2.20. The molecule has 0 aliphatic carbocycles. The number of hydrogen-bond donors (Lipinski definition) is 2. The number of carbonyl (C=O) groups is 1. The molecule has 6 heteroatoms. The van der Waals surface area contributed by atoms with Gasteiger partial charge in [0.2, 0.25) is 0 Å². The number of hydrogen-bond acceptors (Lipinski definition) is 4. The van der Waals surface area contributed by atoms with E-state index in [0.29, 0.717) is 17.3 Å². The monoisotopic (exact) mass is 342 g/mol. The Morgan fingerprint density at radius 3 is 2.79 bits per heavy atom. The van der Waals surface area contributed by atoms with Gasteiger partial charge in [-0.2, -0.15) is 0 Å². The number of pyridine rings is 1. The number of halogens is 1. The van der Waals surface area contributed by atoms with Crippen molar-refractivity contribution in [3.8, 4) is 0 Å². The Morgan fingerprint density at radius 2 is 2.21 bits per heavy atom. The first kappa shape index (κ1) is 17.7. The molecule has 0 aromatic carbocycles. The molecular weight excluding hydrogens is 324 g/mol. The number of anilines is 1. The van der Waals surface area contributed by atoms with Crippen LogP contribution in [0, 0.1) is 5.41 Å².